The van der Waals surface area contributed by atoms with Crippen molar-refractivity contribution in [1.29, 1.82) is 0 Å². The first-order chi connectivity index (χ1) is 8.88. The summed E-state index contributed by atoms with van der Waals surface area (Å²) < 4.78 is 0. The average Bonchev–Trinajstić information content (AvgIpc) is 2.42. The molecule has 1 aromatic heterocycles. The molecule has 0 aliphatic heterocycles. The lowest BCUT2D eigenvalue weighted by Crippen LogP contribution is -1.91. The Morgan fingerprint density at radius 2 is 2.00 bits per heavy atom. The molecule has 4 heteroatoms. The minimum Gasteiger partial charge on any atom is -0.261 e. The molecule has 2 rings (SSSR count). The van der Waals surface area contributed by atoms with Gasteiger partial charge in [0.05, 0.1) is 5.69 Å². The second-order valence-electron chi connectivity index (χ2n) is 3.62. The monoisotopic (exact) mass is 256 g/mol. The fraction of sp³-hybridized carbons (Fsp3) is 0.143. The molecule has 0 unspecified atom stereocenters. The van der Waals surface area contributed by atoms with Crippen molar-refractivity contribution in [2.45, 2.75) is 11.3 Å². The standard InChI is InChI=1S/C14H12N2OS/c17-11-16-13-4-6-14(7-5-13)18-10-8-12-3-1-2-9-15-12/h1-7,9H,8,10H2. The lowest BCUT2D eigenvalue weighted by Gasteiger charge is -2.01. The van der Waals surface area contributed by atoms with Crippen molar-refractivity contribution >= 4 is 23.5 Å². The van der Waals surface area contributed by atoms with E-state index in [1.165, 1.54) is 6.08 Å². The van der Waals surface area contributed by atoms with Crippen molar-refractivity contribution in [2.75, 3.05) is 5.75 Å². The second kappa shape index (κ2) is 6.74. The van der Waals surface area contributed by atoms with E-state index in [1.54, 1.807) is 11.8 Å². The Labute approximate surface area is 110 Å². The molecule has 1 heterocycles. The Hall–Kier alpha value is -1.90. The Morgan fingerprint density at radius 1 is 1.17 bits per heavy atom. The van der Waals surface area contributed by atoms with Crippen LogP contribution in [0.15, 0.2) is 58.5 Å². The van der Waals surface area contributed by atoms with E-state index in [4.69, 9.17) is 0 Å². The van der Waals surface area contributed by atoms with Crippen LogP contribution >= 0.6 is 11.8 Å². The van der Waals surface area contributed by atoms with Crippen molar-refractivity contribution in [3.05, 3.63) is 54.4 Å². The predicted octanol–water partition coefficient (Wildman–Crippen LogP) is 3.38. The summed E-state index contributed by atoms with van der Waals surface area (Å²) in [7, 11) is 0. The minimum atomic E-state index is 0.638. The summed E-state index contributed by atoms with van der Waals surface area (Å²) in [5, 5.41) is 0. The van der Waals surface area contributed by atoms with Crippen LogP contribution in [0.25, 0.3) is 0 Å². The topological polar surface area (TPSA) is 42.3 Å². The number of thioether (sulfide) groups is 1. The van der Waals surface area contributed by atoms with Gasteiger partial charge in [0.25, 0.3) is 0 Å². The van der Waals surface area contributed by atoms with E-state index < -0.39 is 0 Å². The highest BCUT2D eigenvalue weighted by molar-refractivity contribution is 7.99. The largest absolute Gasteiger partial charge is 0.261 e. The maximum atomic E-state index is 10.1. The van der Waals surface area contributed by atoms with Gasteiger partial charge in [-0.15, -0.1) is 11.8 Å². The number of nitrogens with zero attached hydrogens (tertiary/aromatic N) is 2. The van der Waals surface area contributed by atoms with Gasteiger partial charge in [0.15, 0.2) is 0 Å². The van der Waals surface area contributed by atoms with Crippen molar-refractivity contribution in [2.24, 2.45) is 4.99 Å². The molecular weight excluding hydrogens is 244 g/mol. The van der Waals surface area contributed by atoms with E-state index in [1.807, 2.05) is 48.7 Å². The fourth-order valence-electron chi connectivity index (χ4n) is 1.49. The van der Waals surface area contributed by atoms with Gasteiger partial charge in [-0.3, -0.25) is 4.98 Å². The van der Waals surface area contributed by atoms with Crippen LogP contribution in [0.3, 0.4) is 0 Å². The van der Waals surface area contributed by atoms with Crippen LogP contribution < -0.4 is 0 Å². The summed E-state index contributed by atoms with van der Waals surface area (Å²) in [6.07, 6.45) is 4.28. The van der Waals surface area contributed by atoms with E-state index in [0.29, 0.717) is 5.69 Å². The van der Waals surface area contributed by atoms with Crippen LogP contribution in [0.1, 0.15) is 5.69 Å². The normalized spacial score (nSPS) is 9.78. The van der Waals surface area contributed by atoms with E-state index in [2.05, 4.69) is 9.98 Å². The summed E-state index contributed by atoms with van der Waals surface area (Å²) in [4.78, 5) is 19.1. The Balaban J connectivity index is 1.85. The Morgan fingerprint density at radius 3 is 2.67 bits per heavy atom. The van der Waals surface area contributed by atoms with Gasteiger partial charge in [-0.05, 0) is 42.8 Å². The zero-order valence-corrected chi connectivity index (χ0v) is 10.6. The zero-order valence-electron chi connectivity index (χ0n) is 9.74. The van der Waals surface area contributed by atoms with Crippen molar-refractivity contribution in [1.82, 2.24) is 4.98 Å². The van der Waals surface area contributed by atoms with Crippen LogP contribution in [0.5, 0.6) is 0 Å². The van der Waals surface area contributed by atoms with Gasteiger partial charge < -0.3 is 0 Å². The third-order valence-corrected chi connectivity index (χ3v) is 3.38. The Kier molecular flexibility index (Phi) is 4.70. The Bertz CT molecular complexity index is 533. The lowest BCUT2D eigenvalue weighted by molar-refractivity contribution is 0.565. The van der Waals surface area contributed by atoms with Crippen LogP contribution in [0, 0.1) is 0 Å². The summed E-state index contributed by atoms with van der Waals surface area (Å²) in [5.74, 6) is 0.979. The number of benzene rings is 1. The quantitative estimate of drug-likeness (QED) is 0.468. The third kappa shape index (κ3) is 3.84. The SMILES string of the molecule is O=C=Nc1ccc(SCCc2ccccn2)cc1. The predicted molar refractivity (Wildman–Crippen MR) is 72.9 cm³/mol. The molecule has 90 valence electrons. The van der Waals surface area contributed by atoms with Gasteiger partial charge in [-0.25, -0.2) is 4.79 Å². The molecule has 0 amide bonds. The van der Waals surface area contributed by atoms with Gasteiger partial charge in [-0.1, -0.05) is 6.07 Å². The number of hydrogen-bond donors (Lipinski definition) is 0. The molecule has 0 aliphatic rings. The molecular formula is C14H12N2OS. The van der Waals surface area contributed by atoms with Crippen LogP contribution in [0.2, 0.25) is 0 Å². The van der Waals surface area contributed by atoms with Crippen LogP contribution in [-0.2, 0) is 11.2 Å². The molecule has 0 saturated carbocycles. The molecule has 0 spiro atoms. The first-order valence-corrected chi connectivity index (χ1v) is 6.58. The van der Waals surface area contributed by atoms with Gasteiger partial charge in [0, 0.05) is 22.5 Å². The number of pyridine rings is 1. The minimum absolute atomic E-state index is 0.638. The van der Waals surface area contributed by atoms with Crippen molar-refractivity contribution < 1.29 is 4.79 Å². The summed E-state index contributed by atoms with van der Waals surface area (Å²) in [6, 6.07) is 13.5. The average molecular weight is 256 g/mol. The fourth-order valence-corrected chi connectivity index (χ4v) is 2.36. The maximum absolute atomic E-state index is 10.1. The number of aliphatic imine (C=N–C) groups is 1. The molecule has 0 saturated heterocycles. The smallest absolute Gasteiger partial charge is 0.240 e. The number of aryl methyl sites for hydroxylation is 1. The third-order valence-electron chi connectivity index (χ3n) is 2.36. The molecule has 0 bridgehead atoms. The van der Waals surface area contributed by atoms with Crippen LogP contribution in [0.4, 0.5) is 5.69 Å². The molecule has 0 atom stereocenters. The maximum Gasteiger partial charge on any atom is 0.240 e. The summed E-state index contributed by atoms with van der Waals surface area (Å²) in [6.45, 7) is 0. The molecule has 3 nitrogen and oxygen atoms in total. The zero-order chi connectivity index (χ0) is 12.6. The number of isocyanates is 1. The van der Waals surface area contributed by atoms with E-state index in [-0.39, 0.29) is 0 Å². The molecule has 0 N–H and O–H groups in total. The molecule has 2 aromatic rings. The molecule has 0 aliphatic carbocycles. The lowest BCUT2D eigenvalue weighted by atomic mass is 10.3. The first kappa shape index (κ1) is 12.6. The van der Waals surface area contributed by atoms with Gasteiger partial charge in [0.2, 0.25) is 6.08 Å². The van der Waals surface area contributed by atoms with Crippen molar-refractivity contribution in [3.63, 3.8) is 0 Å². The summed E-state index contributed by atoms with van der Waals surface area (Å²) >= 11 is 1.76. The van der Waals surface area contributed by atoms with Crippen molar-refractivity contribution in [3.8, 4) is 0 Å². The number of aromatic nitrogens is 1. The van der Waals surface area contributed by atoms with E-state index in [9.17, 15) is 4.79 Å². The van der Waals surface area contributed by atoms with Gasteiger partial charge >= 0.3 is 0 Å². The van der Waals surface area contributed by atoms with E-state index >= 15 is 0 Å². The summed E-state index contributed by atoms with van der Waals surface area (Å²) in [5.41, 5.74) is 1.74. The number of rotatable bonds is 5. The van der Waals surface area contributed by atoms with Gasteiger partial charge in [0.1, 0.15) is 0 Å². The highest BCUT2D eigenvalue weighted by Gasteiger charge is 1.97. The molecule has 0 fully saturated rings. The highest BCUT2D eigenvalue weighted by atomic mass is 32.2. The van der Waals surface area contributed by atoms with Crippen LogP contribution in [-0.4, -0.2) is 16.8 Å². The molecule has 0 radical (unpaired) electrons. The highest BCUT2D eigenvalue weighted by Crippen LogP contribution is 2.22. The molecule has 1 aromatic carbocycles. The van der Waals surface area contributed by atoms with E-state index in [0.717, 1.165) is 22.8 Å². The second-order valence-corrected chi connectivity index (χ2v) is 4.78. The first-order valence-electron chi connectivity index (χ1n) is 5.59. The van der Waals surface area contributed by atoms with Gasteiger partial charge in [-0.2, -0.15) is 4.99 Å². The molecule has 18 heavy (non-hydrogen) atoms. The number of carbonyl (C=O) groups excluding carboxylic acids is 1. The number of hydrogen-bond acceptors (Lipinski definition) is 4.